The number of amides is 2. The molecule has 0 aromatic heterocycles. The van der Waals surface area contributed by atoms with Crippen LogP contribution in [0.3, 0.4) is 0 Å². The van der Waals surface area contributed by atoms with Crippen molar-refractivity contribution in [1.82, 2.24) is 5.32 Å². The summed E-state index contributed by atoms with van der Waals surface area (Å²) in [7, 11) is 0. The van der Waals surface area contributed by atoms with Gasteiger partial charge in [0, 0.05) is 12.1 Å². The van der Waals surface area contributed by atoms with Crippen molar-refractivity contribution < 1.29 is 14.9 Å². The fourth-order valence-corrected chi connectivity index (χ4v) is 3.34. The lowest BCUT2D eigenvalue weighted by Crippen LogP contribution is -3.03. The summed E-state index contributed by atoms with van der Waals surface area (Å²) in [5.74, 6) is -0.103. The Morgan fingerprint density at radius 2 is 2.00 bits per heavy atom. The minimum Gasteiger partial charge on any atom is -0.342 e. The number of para-hydroxylation sites is 1. The molecule has 1 saturated heterocycles. The SMILES string of the molecule is O=C(C[C@H]1[NH2+][C@@H]2CCCC[C@@H]2NC1=O)Nc1ccccc1. The van der Waals surface area contributed by atoms with Gasteiger partial charge in [-0.25, -0.2) is 0 Å². The van der Waals surface area contributed by atoms with Gasteiger partial charge in [-0.05, 0) is 25.0 Å². The van der Waals surface area contributed by atoms with E-state index in [0.29, 0.717) is 12.1 Å². The Bertz CT molecular complexity index is 518. The van der Waals surface area contributed by atoms with Crippen LogP contribution in [0, 0.1) is 0 Å². The lowest BCUT2D eigenvalue weighted by atomic mass is 9.87. The van der Waals surface area contributed by atoms with Gasteiger partial charge >= 0.3 is 0 Å². The largest absolute Gasteiger partial charge is 0.342 e. The summed E-state index contributed by atoms with van der Waals surface area (Å²) >= 11 is 0. The Hall–Kier alpha value is -1.88. The predicted molar refractivity (Wildman–Crippen MR) is 79.6 cm³/mol. The summed E-state index contributed by atoms with van der Waals surface area (Å²) in [4.78, 5) is 24.2. The van der Waals surface area contributed by atoms with Crippen molar-refractivity contribution >= 4 is 17.5 Å². The molecule has 2 fully saturated rings. The summed E-state index contributed by atoms with van der Waals surface area (Å²) in [6, 6.07) is 9.78. The van der Waals surface area contributed by atoms with E-state index >= 15 is 0 Å². The molecule has 1 heterocycles. The molecule has 3 rings (SSSR count). The van der Waals surface area contributed by atoms with Crippen LogP contribution in [0.2, 0.25) is 0 Å². The first-order chi connectivity index (χ1) is 10.2. The highest BCUT2D eigenvalue weighted by molar-refractivity contribution is 5.95. The van der Waals surface area contributed by atoms with Crippen LogP contribution < -0.4 is 16.0 Å². The molecule has 0 bridgehead atoms. The molecular formula is C16H22N3O2+. The van der Waals surface area contributed by atoms with E-state index in [9.17, 15) is 9.59 Å². The fourth-order valence-electron chi connectivity index (χ4n) is 3.34. The van der Waals surface area contributed by atoms with Crippen molar-refractivity contribution in [1.29, 1.82) is 0 Å². The van der Waals surface area contributed by atoms with Crippen LogP contribution in [-0.2, 0) is 9.59 Å². The van der Waals surface area contributed by atoms with Gasteiger partial charge in [-0.15, -0.1) is 0 Å². The number of carbonyl (C=O) groups excluding carboxylic acids is 2. The number of rotatable bonds is 3. The second-order valence-corrected chi connectivity index (χ2v) is 5.98. The number of hydrogen-bond donors (Lipinski definition) is 3. The van der Waals surface area contributed by atoms with E-state index in [2.05, 4.69) is 16.0 Å². The zero-order valence-corrected chi connectivity index (χ0v) is 12.0. The molecule has 1 saturated carbocycles. The zero-order chi connectivity index (χ0) is 14.7. The first kappa shape index (κ1) is 14.1. The first-order valence-corrected chi connectivity index (χ1v) is 7.72. The maximum atomic E-state index is 12.1. The molecule has 1 aliphatic heterocycles. The minimum absolute atomic E-state index is 0.00126. The van der Waals surface area contributed by atoms with Crippen LogP contribution in [-0.4, -0.2) is 29.9 Å². The van der Waals surface area contributed by atoms with Gasteiger partial charge in [-0.2, -0.15) is 0 Å². The minimum atomic E-state index is -0.298. The average Bonchev–Trinajstić information content (AvgIpc) is 2.49. The van der Waals surface area contributed by atoms with Crippen LogP contribution in [0.15, 0.2) is 30.3 Å². The third kappa shape index (κ3) is 3.42. The first-order valence-electron chi connectivity index (χ1n) is 7.72. The highest BCUT2D eigenvalue weighted by Gasteiger charge is 2.40. The lowest BCUT2D eigenvalue weighted by Gasteiger charge is -2.37. The number of nitrogens with one attached hydrogen (secondary N) is 2. The lowest BCUT2D eigenvalue weighted by molar-refractivity contribution is -0.718. The molecule has 5 heteroatoms. The van der Waals surface area contributed by atoms with Crippen LogP contribution in [0.4, 0.5) is 5.69 Å². The molecule has 0 spiro atoms. The summed E-state index contributed by atoms with van der Waals surface area (Å²) in [6.07, 6.45) is 4.83. The van der Waals surface area contributed by atoms with Crippen molar-refractivity contribution in [2.45, 2.75) is 50.2 Å². The highest BCUT2D eigenvalue weighted by Crippen LogP contribution is 2.18. The number of piperazine rings is 1. The quantitative estimate of drug-likeness (QED) is 0.752. The molecule has 21 heavy (non-hydrogen) atoms. The number of fused-ring (bicyclic) bond motifs is 1. The van der Waals surface area contributed by atoms with Crippen LogP contribution in [0.25, 0.3) is 0 Å². The van der Waals surface area contributed by atoms with Crippen LogP contribution in [0.5, 0.6) is 0 Å². The van der Waals surface area contributed by atoms with E-state index < -0.39 is 0 Å². The molecule has 0 unspecified atom stereocenters. The molecular weight excluding hydrogens is 266 g/mol. The monoisotopic (exact) mass is 288 g/mol. The number of anilines is 1. The van der Waals surface area contributed by atoms with Crippen molar-refractivity contribution in [3.63, 3.8) is 0 Å². The van der Waals surface area contributed by atoms with E-state index in [1.165, 1.54) is 12.8 Å². The summed E-state index contributed by atoms with van der Waals surface area (Å²) in [5.41, 5.74) is 0.772. The zero-order valence-electron chi connectivity index (χ0n) is 12.0. The van der Waals surface area contributed by atoms with Gasteiger partial charge in [0.25, 0.3) is 5.91 Å². The van der Waals surface area contributed by atoms with Gasteiger partial charge in [-0.3, -0.25) is 9.59 Å². The highest BCUT2D eigenvalue weighted by atomic mass is 16.2. The Morgan fingerprint density at radius 1 is 1.24 bits per heavy atom. The number of quaternary nitrogens is 1. The van der Waals surface area contributed by atoms with Gasteiger partial charge in [-0.1, -0.05) is 24.6 Å². The van der Waals surface area contributed by atoms with Gasteiger partial charge in [0.15, 0.2) is 6.04 Å². The van der Waals surface area contributed by atoms with E-state index in [-0.39, 0.29) is 24.3 Å². The standard InChI is InChI=1S/C16H21N3O2/c20-15(17-11-6-2-1-3-7-11)10-14-16(21)19-13-9-5-4-8-12(13)18-14/h1-3,6-7,12-14,18H,4-5,8-10H2,(H,17,20)(H,19,21)/p+1/t12-,13+,14-/m1/s1. The summed E-state index contributed by atoms with van der Waals surface area (Å²) in [6.45, 7) is 0. The second-order valence-electron chi connectivity index (χ2n) is 5.98. The summed E-state index contributed by atoms with van der Waals surface area (Å²) in [5, 5.41) is 8.03. The van der Waals surface area contributed by atoms with E-state index in [1.807, 2.05) is 30.3 Å². The Kier molecular flexibility index (Phi) is 4.20. The Balaban J connectivity index is 1.56. The maximum absolute atomic E-state index is 12.1. The number of hydrogen-bond acceptors (Lipinski definition) is 2. The van der Waals surface area contributed by atoms with E-state index in [1.54, 1.807) is 0 Å². The Labute approximate surface area is 124 Å². The molecule has 1 aromatic rings. The van der Waals surface area contributed by atoms with Gasteiger partial charge in [0.05, 0.1) is 12.5 Å². The smallest absolute Gasteiger partial charge is 0.279 e. The van der Waals surface area contributed by atoms with E-state index in [4.69, 9.17) is 0 Å². The van der Waals surface area contributed by atoms with Crippen molar-refractivity contribution in [3.05, 3.63) is 30.3 Å². The molecule has 2 aliphatic rings. The third-order valence-corrected chi connectivity index (χ3v) is 4.43. The van der Waals surface area contributed by atoms with Crippen molar-refractivity contribution in [2.75, 3.05) is 5.32 Å². The maximum Gasteiger partial charge on any atom is 0.279 e. The molecule has 112 valence electrons. The van der Waals surface area contributed by atoms with Crippen LogP contribution >= 0.6 is 0 Å². The number of carbonyl (C=O) groups is 2. The molecule has 4 N–H and O–H groups in total. The van der Waals surface area contributed by atoms with Crippen LogP contribution in [0.1, 0.15) is 32.1 Å². The molecule has 1 aliphatic carbocycles. The average molecular weight is 288 g/mol. The third-order valence-electron chi connectivity index (χ3n) is 4.43. The Morgan fingerprint density at radius 3 is 2.81 bits per heavy atom. The second kappa shape index (κ2) is 6.26. The molecule has 1 aromatic carbocycles. The summed E-state index contributed by atoms with van der Waals surface area (Å²) < 4.78 is 0. The molecule has 0 radical (unpaired) electrons. The van der Waals surface area contributed by atoms with Gasteiger partial charge in [0.2, 0.25) is 5.91 Å². The topological polar surface area (TPSA) is 74.8 Å². The normalized spacial score (nSPS) is 28.4. The van der Waals surface area contributed by atoms with Crippen molar-refractivity contribution in [2.24, 2.45) is 0 Å². The molecule has 5 nitrogen and oxygen atoms in total. The molecule has 3 atom stereocenters. The fraction of sp³-hybridized carbons (Fsp3) is 0.500. The predicted octanol–water partition coefficient (Wildman–Crippen LogP) is 0.388. The van der Waals surface area contributed by atoms with Gasteiger partial charge in [0.1, 0.15) is 6.04 Å². The molecule has 2 amide bonds. The number of benzene rings is 1. The van der Waals surface area contributed by atoms with E-state index in [0.717, 1.165) is 18.5 Å². The number of nitrogens with two attached hydrogens (primary N) is 1. The van der Waals surface area contributed by atoms with Gasteiger partial charge < -0.3 is 16.0 Å². The van der Waals surface area contributed by atoms with Crippen molar-refractivity contribution in [3.8, 4) is 0 Å².